The van der Waals surface area contributed by atoms with Crippen molar-refractivity contribution in [1.82, 2.24) is 0 Å². The molecular weight excluding hydrogens is 231 g/mol. The minimum atomic E-state index is -5.23. The first-order valence-electron chi connectivity index (χ1n) is 5.38. The average molecular weight is 242 g/mol. The summed E-state index contributed by atoms with van der Waals surface area (Å²) in [4.78, 5) is 0. The van der Waals surface area contributed by atoms with Gasteiger partial charge >= 0.3 is 6.18 Å². The molecule has 0 spiro atoms. The number of hydrogen-bond donors (Lipinski definition) is 1. The van der Waals surface area contributed by atoms with E-state index in [0.717, 1.165) is 0 Å². The van der Waals surface area contributed by atoms with Crippen LogP contribution in [0.25, 0.3) is 0 Å². The quantitative estimate of drug-likeness (QED) is 0.647. The molecule has 0 aromatic heterocycles. The fourth-order valence-electron chi connectivity index (χ4n) is 4.17. The van der Waals surface area contributed by atoms with Gasteiger partial charge in [-0.05, 0) is 31.1 Å². The molecule has 3 aliphatic carbocycles. The van der Waals surface area contributed by atoms with Crippen molar-refractivity contribution in [2.24, 2.45) is 23.7 Å². The van der Waals surface area contributed by atoms with E-state index in [1.807, 2.05) is 0 Å². The predicted octanol–water partition coefficient (Wildman–Crippen LogP) is 2.59. The van der Waals surface area contributed by atoms with E-state index in [1.54, 1.807) is 0 Å². The third-order valence-electron chi connectivity index (χ3n) is 4.76. The van der Waals surface area contributed by atoms with Gasteiger partial charge in [-0.1, -0.05) is 0 Å². The van der Waals surface area contributed by atoms with Crippen LogP contribution in [0.1, 0.15) is 19.3 Å². The Labute approximate surface area is 88.6 Å². The lowest BCUT2D eigenvalue weighted by Crippen LogP contribution is -2.78. The summed E-state index contributed by atoms with van der Waals surface area (Å²) in [6.45, 7) is 0. The first-order valence-corrected chi connectivity index (χ1v) is 5.38. The molecule has 0 amide bonds. The van der Waals surface area contributed by atoms with E-state index in [4.69, 9.17) is 0 Å². The van der Waals surface area contributed by atoms with E-state index >= 15 is 0 Å². The van der Waals surface area contributed by atoms with Gasteiger partial charge in [-0.3, -0.25) is 0 Å². The lowest BCUT2D eigenvalue weighted by molar-refractivity contribution is -0.431. The van der Waals surface area contributed by atoms with Crippen molar-refractivity contribution in [3.05, 3.63) is 0 Å². The molecule has 16 heavy (non-hydrogen) atoms. The molecule has 0 aliphatic heterocycles. The highest BCUT2D eigenvalue weighted by Gasteiger charge is 2.88. The minimum absolute atomic E-state index is 0.326. The predicted molar refractivity (Wildman–Crippen MR) is 43.8 cm³/mol. The molecule has 3 fully saturated rings. The van der Waals surface area contributed by atoms with Crippen molar-refractivity contribution in [1.29, 1.82) is 0 Å². The standard InChI is InChI=1S/C10H11F5O/c11-9(12)7-5-2-1-4(3-5)6(7)8(9,16)10(13,14)15/h4-7,16H,1-3H2. The maximum Gasteiger partial charge on any atom is 0.423 e. The molecule has 1 nitrogen and oxygen atoms in total. The zero-order valence-electron chi connectivity index (χ0n) is 8.27. The molecule has 2 bridgehead atoms. The Morgan fingerprint density at radius 1 is 1.00 bits per heavy atom. The maximum atomic E-state index is 13.5. The van der Waals surface area contributed by atoms with E-state index in [-0.39, 0.29) is 11.8 Å². The smallest absolute Gasteiger partial charge is 0.376 e. The molecule has 1 N–H and O–H groups in total. The van der Waals surface area contributed by atoms with Gasteiger partial charge in [0, 0.05) is 11.8 Å². The van der Waals surface area contributed by atoms with E-state index in [9.17, 15) is 27.1 Å². The summed E-state index contributed by atoms with van der Waals surface area (Å²) in [6.07, 6.45) is -3.69. The van der Waals surface area contributed by atoms with Crippen LogP contribution < -0.4 is 0 Å². The summed E-state index contributed by atoms with van der Waals surface area (Å²) >= 11 is 0. The summed E-state index contributed by atoms with van der Waals surface area (Å²) < 4.78 is 64.9. The molecule has 3 aliphatic rings. The zero-order valence-corrected chi connectivity index (χ0v) is 8.27. The van der Waals surface area contributed by atoms with Gasteiger partial charge in [0.05, 0.1) is 0 Å². The molecule has 5 atom stereocenters. The lowest BCUT2D eigenvalue weighted by Gasteiger charge is -2.59. The molecule has 0 saturated heterocycles. The molecule has 5 unspecified atom stereocenters. The Morgan fingerprint density at radius 3 is 2.00 bits per heavy atom. The number of hydrogen-bond acceptors (Lipinski definition) is 1. The summed E-state index contributed by atoms with van der Waals surface area (Å²) in [7, 11) is 0. The lowest BCUT2D eigenvalue weighted by atomic mass is 9.52. The van der Waals surface area contributed by atoms with Gasteiger partial charge in [-0.15, -0.1) is 0 Å². The highest BCUT2D eigenvalue weighted by atomic mass is 19.4. The van der Waals surface area contributed by atoms with Gasteiger partial charge in [-0.2, -0.15) is 13.2 Å². The highest BCUT2D eigenvalue weighted by Crippen LogP contribution is 2.74. The van der Waals surface area contributed by atoms with E-state index < -0.39 is 29.5 Å². The SMILES string of the molecule is OC1(C(F)(F)F)C2C3CCC(C3)C2C1(F)F. The van der Waals surface area contributed by atoms with Crippen molar-refractivity contribution in [2.45, 2.75) is 37.0 Å². The Hall–Kier alpha value is -0.390. The second kappa shape index (κ2) is 2.54. The van der Waals surface area contributed by atoms with Crippen LogP contribution in [0, 0.1) is 23.7 Å². The Balaban J connectivity index is 2.03. The third-order valence-corrected chi connectivity index (χ3v) is 4.76. The summed E-state index contributed by atoms with van der Waals surface area (Å²) in [5.74, 6) is -7.23. The second-order valence-corrected chi connectivity index (χ2v) is 5.27. The first kappa shape index (κ1) is 10.7. The van der Waals surface area contributed by atoms with Crippen LogP contribution in [0.3, 0.4) is 0 Å². The molecule has 92 valence electrons. The van der Waals surface area contributed by atoms with Crippen molar-refractivity contribution in [3.63, 3.8) is 0 Å². The zero-order chi connectivity index (χ0) is 11.9. The third kappa shape index (κ3) is 0.845. The normalized spacial score (nSPS) is 53.6. The molecule has 0 aromatic rings. The van der Waals surface area contributed by atoms with Gasteiger partial charge in [0.25, 0.3) is 5.92 Å². The number of alkyl halides is 5. The Morgan fingerprint density at radius 2 is 1.50 bits per heavy atom. The Kier molecular flexibility index (Phi) is 1.71. The van der Waals surface area contributed by atoms with Gasteiger partial charge in [0.1, 0.15) is 0 Å². The molecule has 0 aromatic carbocycles. The number of rotatable bonds is 0. The van der Waals surface area contributed by atoms with Crippen molar-refractivity contribution in [2.75, 3.05) is 0 Å². The monoisotopic (exact) mass is 242 g/mol. The van der Waals surface area contributed by atoms with Crippen molar-refractivity contribution >= 4 is 0 Å². The Bertz CT molecular complexity index is 339. The molecule has 0 heterocycles. The molecule has 3 saturated carbocycles. The number of halogens is 5. The van der Waals surface area contributed by atoms with Crippen molar-refractivity contribution in [3.8, 4) is 0 Å². The van der Waals surface area contributed by atoms with Crippen LogP contribution in [0.15, 0.2) is 0 Å². The van der Waals surface area contributed by atoms with Crippen LogP contribution in [0.5, 0.6) is 0 Å². The molecule has 0 radical (unpaired) electrons. The first-order chi connectivity index (χ1) is 7.21. The topological polar surface area (TPSA) is 20.2 Å². The van der Waals surface area contributed by atoms with Crippen LogP contribution in [-0.4, -0.2) is 22.8 Å². The van der Waals surface area contributed by atoms with Gasteiger partial charge in [0.2, 0.25) is 5.60 Å². The molecular formula is C10H11F5O. The highest BCUT2D eigenvalue weighted by molar-refractivity contribution is 5.25. The van der Waals surface area contributed by atoms with Crippen LogP contribution >= 0.6 is 0 Å². The van der Waals surface area contributed by atoms with Crippen molar-refractivity contribution < 1.29 is 27.1 Å². The van der Waals surface area contributed by atoms with Gasteiger partial charge in [0.15, 0.2) is 0 Å². The van der Waals surface area contributed by atoms with Crippen LogP contribution in [0.4, 0.5) is 22.0 Å². The van der Waals surface area contributed by atoms with E-state index in [0.29, 0.717) is 19.3 Å². The number of aliphatic hydroxyl groups is 1. The maximum absolute atomic E-state index is 13.5. The van der Waals surface area contributed by atoms with E-state index in [2.05, 4.69) is 0 Å². The summed E-state index contributed by atoms with van der Waals surface area (Å²) in [5, 5.41) is 9.39. The summed E-state index contributed by atoms with van der Waals surface area (Å²) in [5.41, 5.74) is -3.77. The average Bonchev–Trinajstić information content (AvgIpc) is 2.72. The van der Waals surface area contributed by atoms with Gasteiger partial charge < -0.3 is 5.11 Å². The fourth-order valence-corrected chi connectivity index (χ4v) is 4.17. The number of fused-ring (bicyclic) bond motifs is 5. The minimum Gasteiger partial charge on any atom is -0.376 e. The fraction of sp³-hybridized carbons (Fsp3) is 1.00. The van der Waals surface area contributed by atoms with Crippen LogP contribution in [-0.2, 0) is 0 Å². The second-order valence-electron chi connectivity index (χ2n) is 5.27. The molecule has 3 rings (SSSR count). The van der Waals surface area contributed by atoms with Gasteiger partial charge in [-0.25, -0.2) is 8.78 Å². The molecule has 6 heteroatoms. The van der Waals surface area contributed by atoms with Crippen LogP contribution in [0.2, 0.25) is 0 Å². The largest absolute Gasteiger partial charge is 0.423 e. The van der Waals surface area contributed by atoms with E-state index in [1.165, 1.54) is 0 Å². The summed E-state index contributed by atoms with van der Waals surface area (Å²) in [6, 6.07) is 0.